The fourth-order valence-electron chi connectivity index (χ4n) is 4.70. The van der Waals surface area contributed by atoms with E-state index in [1.807, 2.05) is 0 Å². The van der Waals surface area contributed by atoms with Crippen molar-refractivity contribution in [1.29, 1.82) is 0 Å². The summed E-state index contributed by atoms with van der Waals surface area (Å²) in [6.45, 7) is 3.09. The highest BCUT2D eigenvalue weighted by atomic mass is 32.2. The molecule has 1 amide bonds. The number of nitrogens with one attached hydrogen (secondary N) is 1. The number of nitrogens with two attached hydrogens (primary N) is 1. The van der Waals surface area contributed by atoms with E-state index in [9.17, 15) is 26.4 Å². The molecule has 3 N–H and O–H groups in total. The number of sulfone groups is 1. The van der Waals surface area contributed by atoms with Gasteiger partial charge in [0.15, 0.2) is 9.84 Å². The van der Waals surface area contributed by atoms with Crippen molar-refractivity contribution < 1.29 is 26.4 Å². The second-order valence-corrected chi connectivity index (χ2v) is 12.2. The van der Waals surface area contributed by atoms with Crippen LogP contribution in [0.3, 0.4) is 0 Å². The molecule has 0 heterocycles. The normalized spacial score (nSPS) is 24.3. The highest BCUT2D eigenvalue weighted by Crippen LogP contribution is 2.44. The molecule has 0 spiro atoms. The molecule has 2 fully saturated rings. The minimum Gasteiger partial charge on any atom is -0.353 e. The van der Waals surface area contributed by atoms with Gasteiger partial charge in [-0.2, -0.15) is 13.2 Å². The Hall–Kier alpha value is -1.61. The topological polar surface area (TPSA) is 89.3 Å². The molecule has 0 aromatic heterocycles. The molecular weight excluding hydrogens is 429 g/mol. The van der Waals surface area contributed by atoms with Crippen molar-refractivity contribution in [2.24, 2.45) is 11.7 Å². The van der Waals surface area contributed by atoms with Crippen LogP contribution in [0.4, 0.5) is 13.2 Å². The first-order chi connectivity index (χ1) is 14.2. The molecule has 0 bridgehead atoms. The Kier molecular flexibility index (Phi) is 6.50. The van der Waals surface area contributed by atoms with Crippen LogP contribution in [0.2, 0.25) is 0 Å². The van der Waals surface area contributed by atoms with E-state index in [0.29, 0.717) is 18.9 Å². The molecule has 31 heavy (non-hydrogen) atoms. The predicted molar refractivity (Wildman–Crippen MR) is 112 cm³/mol. The quantitative estimate of drug-likeness (QED) is 0.666. The molecular formula is C22H31F3N2O3S. The van der Waals surface area contributed by atoms with Gasteiger partial charge in [-0.1, -0.05) is 25.3 Å². The van der Waals surface area contributed by atoms with Gasteiger partial charge < -0.3 is 11.1 Å². The van der Waals surface area contributed by atoms with Crippen molar-refractivity contribution in [3.8, 4) is 0 Å². The molecule has 0 radical (unpaired) electrons. The summed E-state index contributed by atoms with van der Waals surface area (Å²) in [7, 11) is -4.00. The molecule has 0 aliphatic heterocycles. The lowest BCUT2D eigenvalue weighted by molar-refractivity contribution is -0.137. The van der Waals surface area contributed by atoms with Crippen LogP contribution >= 0.6 is 0 Å². The van der Waals surface area contributed by atoms with E-state index < -0.39 is 31.9 Å². The van der Waals surface area contributed by atoms with Gasteiger partial charge in [-0.3, -0.25) is 4.79 Å². The minimum atomic E-state index is -4.61. The number of carbonyl (C=O) groups is 1. The van der Waals surface area contributed by atoms with Crippen LogP contribution in [0.1, 0.15) is 70.8 Å². The molecule has 174 valence electrons. The molecule has 1 aromatic carbocycles. The third-order valence-electron chi connectivity index (χ3n) is 7.01. The van der Waals surface area contributed by atoms with Gasteiger partial charge >= 0.3 is 6.18 Å². The molecule has 2 aliphatic carbocycles. The highest BCUT2D eigenvalue weighted by molar-refractivity contribution is 7.92. The van der Waals surface area contributed by atoms with E-state index in [4.69, 9.17) is 5.73 Å². The van der Waals surface area contributed by atoms with Crippen molar-refractivity contribution >= 4 is 15.7 Å². The van der Waals surface area contributed by atoms with Crippen molar-refractivity contribution in [3.05, 3.63) is 29.8 Å². The standard InChI is InChI=1S/C22H31F3N2O3S/c1-20(2,31(29,30)18-8-6-7-15(13-18)22(23,24)25)16-11-17(12-16)27-19(28)14-21(26)9-4-3-5-10-21/h6-8,13,16-17H,3-5,9-12,14,26H2,1-2H3,(H,27,28)/t16-,17+. The van der Waals surface area contributed by atoms with E-state index in [1.165, 1.54) is 6.07 Å². The van der Waals surface area contributed by atoms with Crippen LogP contribution in [0.25, 0.3) is 0 Å². The number of hydrogen-bond donors (Lipinski definition) is 2. The summed E-state index contributed by atoms with van der Waals surface area (Å²) >= 11 is 0. The van der Waals surface area contributed by atoms with Crippen molar-refractivity contribution in [2.45, 2.75) is 92.6 Å². The molecule has 5 nitrogen and oxygen atoms in total. The number of amides is 1. The van der Waals surface area contributed by atoms with Crippen LogP contribution in [0.5, 0.6) is 0 Å². The van der Waals surface area contributed by atoms with Crippen LogP contribution < -0.4 is 11.1 Å². The lowest BCUT2D eigenvalue weighted by atomic mass is 9.73. The Balaban J connectivity index is 1.62. The Morgan fingerprint density at radius 2 is 1.77 bits per heavy atom. The molecule has 2 aliphatic rings. The monoisotopic (exact) mass is 460 g/mol. The first-order valence-corrected chi connectivity index (χ1v) is 12.2. The van der Waals surface area contributed by atoms with E-state index in [0.717, 1.165) is 44.2 Å². The summed E-state index contributed by atoms with van der Waals surface area (Å²) in [6, 6.07) is 3.73. The Bertz CT molecular complexity index is 916. The van der Waals surface area contributed by atoms with Gasteiger partial charge in [0.05, 0.1) is 15.2 Å². The van der Waals surface area contributed by atoms with Crippen molar-refractivity contribution in [2.75, 3.05) is 0 Å². The van der Waals surface area contributed by atoms with Gasteiger partial charge in [0, 0.05) is 18.0 Å². The van der Waals surface area contributed by atoms with E-state index in [1.54, 1.807) is 13.8 Å². The highest BCUT2D eigenvalue weighted by Gasteiger charge is 2.49. The van der Waals surface area contributed by atoms with E-state index in [2.05, 4.69) is 5.32 Å². The first-order valence-electron chi connectivity index (χ1n) is 10.7. The molecule has 0 atom stereocenters. The summed E-state index contributed by atoms with van der Waals surface area (Å²) in [5.74, 6) is -0.384. The molecule has 1 aromatic rings. The third-order valence-corrected chi connectivity index (χ3v) is 9.61. The summed E-state index contributed by atoms with van der Waals surface area (Å²) in [4.78, 5) is 12.1. The maximum atomic E-state index is 13.1. The summed E-state index contributed by atoms with van der Waals surface area (Å²) in [6.07, 6.45) is 1.43. The summed E-state index contributed by atoms with van der Waals surface area (Å²) in [5.41, 5.74) is 4.89. The fourth-order valence-corrected chi connectivity index (χ4v) is 6.48. The maximum Gasteiger partial charge on any atom is 0.416 e. The van der Waals surface area contributed by atoms with Crippen LogP contribution in [0.15, 0.2) is 29.2 Å². The zero-order chi connectivity index (χ0) is 23.1. The largest absolute Gasteiger partial charge is 0.416 e. The second kappa shape index (κ2) is 8.39. The Labute approximate surface area is 181 Å². The average Bonchev–Trinajstić information content (AvgIpc) is 2.63. The maximum absolute atomic E-state index is 13.1. The number of halogens is 3. The second-order valence-electron chi connectivity index (χ2n) is 9.67. The van der Waals surface area contributed by atoms with Gasteiger partial charge in [-0.05, 0) is 63.6 Å². The number of benzene rings is 1. The van der Waals surface area contributed by atoms with Gasteiger partial charge in [0.1, 0.15) is 0 Å². The van der Waals surface area contributed by atoms with Gasteiger partial charge in [-0.25, -0.2) is 8.42 Å². The minimum absolute atomic E-state index is 0.119. The molecule has 2 saturated carbocycles. The van der Waals surface area contributed by atoms with Crippen LogP contribution in [-0.2, 0) is 20.8 Å². The van der Waals surface area contributed by atoms with Crippen LogP contribution in [0, 0.1) is 5.92 Å². The fraction of sp³-hybridized carbons (Fsp3) is 0.682. The predicted octanol–water partition coefficient (Wildman–Crippen LogP) is 4.20. The van der Waals surface area contributed by atoms with Gasteiger partial charge in [0.25, 0.3) is 0 Å². The number of alkyl halides is 3. The number of rotatable bonds is 6. The van der Waals surface area contributed by atoms with Crippen molar-refractivity contribution in [1.82, 2.24) is 5.32 Å². The first kappa shape index (κ1) is 24.0. The van der Waals surface area contributed by atoms with E-state index in [-0.39, 0.29) is 29.2 Å². The molecule has 3 rings (SSSR count). The third kappa shape index (κ3) is 5.08. The average molecular weight is 461 g/mol. The smallest absolute Gasteiger partial charge is 0.353 e. The van der Waals surface area contributed by atoms with Crippen molar-refractivity contribution in [3.63, 3.8) is 0 Å². The number of hydrogen-bond acceptors (Lipinski definition) is 4. The lowest BCUT2D eigenvalue weighted by Gasteiger charge is -2.45. The van der Waals surface area contributed by atoms with E-state index >= 15 is 0 Å². The number of carbonyl (C=O) groups excluding carboxylic acids is 1. The molecule has 0 unspecified atom stereocenters. The summed E-state index contributed by atoms with van der Waals surface area (Å²) in [5, 5.41) is 2.95. The summed E-state index contributed by atoms with van der Waals surface area (Å²) < 4.78 is 64.0. The van der Waals surface area contributed by atoms with Gasteiger partial charge in [0.2, 0.25) is 5.91 Å². The molecule has 0 saturated heterocycles. The Morgan fingerprint density at radius 3 is 2.35 bits per heavy atom. The van der Waals surface area contributed by atoms with Crippen LogP contribution in [-0.4, -0.2) is 30.7 Å². The SMILES string of the molecule is CC(C)([C@H]1C[C@@H](NC(=O)CC2(N)CCCCC2)C1)S(=O)(=O)c1cccc(C(F)(F)F)c1. The van der Waals surface area contributed by atoms with Gasteiger partial charge in [-0.15, -0.1) is 0 Å². The lowest BCUT2D eigenvalue weighted by Crippen LogP contribution is -2.55. The Morgan fingerprint density at radius 1 is 1.16 bits per heavy atom. The zero-order valence-electron chi connectivity index (χ0n) is 18.0. The molecule has 9 heteroatoms. The zero-order valence-corrected chi connectivity index (χ0v) is 18.8.